The molecule has 2 aromatic rings. The van der Waals surface area contributed by atoms with Crippen LogP contribution >= 0.6 is 11.6 Å². The number of nitrogens with one attached hydrogen (secondary N) is 1. The molecule has 0 aliphatic heterocycles. The molecule has 5 heteroatoms. The fraction of sp³-hybridized carbons (Fsp3) is 0.381. The van der Waals surface area contributed by atoms with Gasteiger partial charge in [-0.1, -0.05) is 24.6 Å². The van der Waals surface area contributed by atoms with Gasteiger partial charge in [-0.25, -0.2) is 0 Å². The highest BCUT2D eigenvalue weighted by atomic mass is 35.5. The Balaban J connectivity index is 1.82. The van der Waals surface area contributed by atoms with E-state index in [9.17, 15) is 4.79 Å². The van der Waals surface area contributed by atoms with Crippen LogP contribution in [0.2, 0.25) is 5.02 Å². The van der Waals surface area contributed by atoms with Crippen molar-refractivity contribution < 1.29 is 14.3 Å². The SMILES string of the molecule is CCCOc1c(Cl)cc(C(=O)Nc2ccc3c(c2)CCC3)cc1OCC. The first-order valence-corrected chi connectivity index (χ1v) is 9.52. The van der Waals surface area contributed by atoms with E-state index in [1.807, 2.05) is 19.9 Å². The molecule has 4 nitrogen and oxygen atoms in total. The van der Waals surface area contributed by atoms with Crippen molar-refractivity contribution in [1.29, 1.82) is 0 Å². The lowest BCUT2D eigenvalue weighted by Gasteiger charge is -2.15. The molecule has 0 heterocycles. The first kappa shape index (κ1) is 18.6. The third-order valence-corrected chi connectivity index (χ3v) is 4.66. The zero-order valence-corrected chi connectivity index (χ0v) is 16.0. The number of rotatable bonds is 7. The largest absolute Gasteiger partial charge is 0.490 e. The van der Waals surface area contributed by atoms with Crippen LogP contribution in [0, 0.1) is 0 Å². The summed E-state index contributed by atoms with van der Waals surface area (Å²) in [6.45, 7) is 4.91. The molecule has 0 bridgehead atoms. The van der Waals surface area contributed by atoms with Crippen LogP contribution < -0.4 is 14.8 Å². The van der Waals surface area contributed by atoms with Gasteiger partial charge in [0.1, 0.15) is 0 Å². The predicted molar refractivity (Wildman–Crippen MR) is 105 cm³/mol. The van der Waals surface area contributed by atoms with Gasteiger partial charge in [0.15, 0.2) is 11.5 Å². The predicted octanol–water partition coefficient (Wildman–Crippen LogP) is 5.27. The highest BCUT2D eigenvalue weighted by Crippen LogP contribution is 2.37. The number of anilines is 1. The van der Waals surface area contributed by atoms with E-state index in [2.05, 4.69) is 17.4 Å². The second-order valence-corrected chi connectivity index (χ2v) is 6.77. The van der Waals surface area contributed by atoms with Crippen LogP contribution in [0.5, 0.6) is 11.5 Å². The second-order valence-electron chi connectivity index (χ2n) is 6.36. The van der Waals surface area contributed by atoms with Crippen molar-refractivity contribution in [3.8, 4) is 11.5 Å². The fourth-order valence-corrected chi connectivity index (χ4v) is 3.42. The maximum atomic E-state index is 12.7. The lowest BCUT2D eigenvalue weighted by molar-refractivity contribution is 0.102. The standard InChI is InChI=1S/C21H24ClNO3/c1-3-10-26-20-18(22)12-16(13-19(20)25-4-2)21(24)23-17-9-8-14-6-5-7-15(14)11-17/h8-9,11-13H,3-7,10H2,1-2H3,(H,23,24). The summed E-state index contributed by atoms with van der Waals surface area (Å²) in [7, 11) is 0. The maximum absolute atomic E-state index is 12.7. The fourth-order valence-electron chi connectivity index (χ4n) is 3.16. The summed E-state index contributed by atoms with van der Waals surface area (Å²) in [5.74, 6) is 0.768. The van der Waals surface area contributed by atoms with Crippen molar-refractivity contribution in [3.63, 3.8) is 0 Å². The number of ether oxygens (including phenoxy) is 2. The van der Waals surface area contributed by atoms with Gasteiger partial charge in [-0.15, -0.1) is 0 Å². The van der Waals surface area contributed by atoms with Gasteiger partial charge in [-0.3, -0.25) is 4.79 Å². The molecule has 1 N–H and O–H groups in total. The zero-order valence-electron chi connectivity index (χ0n) is 15.2. The Morgan fingerprint density at radius 2 is 1.92 bits per heavy atom. The van der Waals surface area contributed by atoms with Crippen LogP contribution in [-0.2, 0) is 12.8 Å². The van der Waals surface area contributed by atoms with Crippen molar-refractivity contribution in [2.75, 3.05) is 18.5 Å². The van der Waals surface area contributed by atoms with Gasteiger partial charge in [-0.2, -0.15) is 0 Å². The van der Waals surface area contributed by atoms with E-state index in [-0.39, 0.29) is 5.91 Å². The van der Waals surface area contributed by atoms with Crippen molar-refractivity contribution in [2.45, 2.75) is 39.5 Å². The van der Waals surface area contributed by atoms with E-state index in [0.29, 0.717) is 35.3 Å². The molecule has 0 spiro atoms. The van der Waals surface area contributed by atoms with Gasteiger partial charge in [0.2, 0.25) is 0 Å². The normalized spacial score (nSPS) is 12.6. The topological polar surface area (TPSA) is 47.6 Å². The lowest BCUT2D eigenvalue weighted by atomic mass is 10.1. The lowest BCUT2D eigenvalue weighted by Crippen LogP contribution is -2.13. The number of carbonyl (C=O) groups is 1. The van der Waals surface area contributed by atoms with Gasteiger partial charge >= 0.3 is 0 Å². The molecule has 0 fully saturated rings. The molecule has 2 aromatic carbocycles. The molecule has 0 saturated heterocycles. The number of amides is 1. The monoisotopic (exact) mass is 373 g/mol. The van der Waals surface area contributed by atoms with Crippen molar-refractivity contribution in [2.24, 2.45) is 0 Å². The van der Waals surface area contributed by atoms with Crippen LogP contribution in [0.15, 0.2) is 30.3 Å². The maximum Gasteiger partial charge on any atom is 0.255 e. The molecule has 1 amide bonds. The van der Waals surface area contributed by atoms with Crippen molar-refractivity contribution >= 4 is 23.2 Å². The van der Waals surface area contributed by atoms with Gasteiger partial charge in [0.25, 0.3) is 5.91 Å². The Hall–Kier alpha value is -2.20. The third-order valence-electron chi connectivity index (χ3n) is 4.38. The summed E-state index contributed by atoms with van der Waals surface area (Å²) in [6, 6.07) is 9.41. The Bertz CT molecular complexity index is 804. The Morgan fingerprint density at radius 1 is 1.12 bits per heavy atom. The number of benzene rings is 2. The summed E-state index contributed by atoms with van der Waals surface area (Å²) in [4.78, 5) is 12.7. The average Bonchev–Trinajstić information content (AvgIpc) is 3.09. The minimum Gasteiger partial charge on any atom is -0.490 e. The molecule has 1 aliphatic carbocycles. The summed E-state index contributed by atoms with van der Waals surface area (Å²) in [5.41, 5.74) is 3.94. The molecule has 0 atom stereocenters. The number of hydrogen-bond donors (Lipinski definition) is 1. The van der Waals surface area contributed by atoms with Crippen LogP contribution in [0.4, 0.5) is 5.69 Å². The average molecular weight is 374 g/mol. The summed E-state index contributed by atoms with van der Waals surface area (Å²) in [6.07, 6.45) is 4.24. The highest BCUT2D eigenvalue weighted by Gasteiger charge is 2.17. The molecule has 0 radical (unpaired) electrons. The molecule has 26 heavy (non-hydrogen) atoms. The first-order valence-electron chi connectivity index (χ1n) is 9.14. The third kappa shape index (κ3) is 4.13. The summed E-state index contributed by atoms with van der Waals surface area (Å²) >= 11 is 6.34. The van der Waals surface area contributed by atoms with E-state index in [4.69, 9.17) is 21.1 Å². The molecule has 3 rings (SSSR count). The number of fused-ring (bicyclic) bond motifs is 1. The van der Waals surface area contributed by atoms with Gasteiger partial charge in [0, 0.05) is 11.3 Å². The number of carbonyl (C=O) groups excluding carboxylic acids is 1. The van der Waals surface area contributed by atoms with E-state index in [1.54, 1.807) is 12.1 Å². The van der Waals surface area contributed by atoms with E-state index < -0.39 is 0 Å². The van der Waals surface area contributed by atoms with Crippen LogP contribution in [0.3, 0.4) is 0 Å². The molecular formula is C21H24ClNO3. The second kappa shape index (κ2) is 8.45. The molecule has 1 aliphatic rings. The van der Waals surface area contributed by atoms with Gasteiger partial charge in [0.05, 0.1) is 18.2 Å². The smallest absolute Gasteiger partial charge is 0.255 e. The van der Waals surface area contributed by atoms with Crippen LogP contribution in [-0.4, -0.2) is 19.1 Å². The van der Waals surface area contributed by atoms with E-state index >= 15 is 0 Å². The number of aryl methyl sites for hydroxylation is 2. The minimum atomic E-state index is -0.215. The van der Waals surface area contributed by atoms with Crippen molar-refractivity contribution in [3.05, 3.63) is 52.0 Å². The molecule has 0 unspecified atom stereocenters. The highest BCUT2D eigenvalue weighted by molar-refractivity contribution is 6.32. The van der Waals surface area contributed by atoms with Crippen molar-refractivity contribution in [1.82, 2.24) is 0 Å². The summed E-state index contributed by atoms with van der Waals surface area (Å²) in [5, 5.41) is 3.33. The van der Waals surface area contributed by atoms with E-state index in [0.717, 1.165) is 24.9 Å². The Labute approximate surface area is 159 Å². The van der Waals surface area contributed by atoms with Crippen LogP contribution in [0.1, 0.15) is 48.2 Å². The van der Waals surface area contributed by atoms with Gasteiger partial charge in [-0.05, 0) is 68.0 Å². The molecular weight excluding hydrogens is 350 g/mol. The number of hydrogen-bond acceptors (Lipinski definition) is 3. The molecule has 138 valence electrons. The first-order chi connectivity index (χ1) is 12.6. The number of halogens is 1. The molecule has 0 aromatic heterocycles. The Kier molecular flexibility index (Phi) is 6.04. The Morgan fingerprint density at radius 3 is 2.69 bits per heavy atom. The quantitative estimate of drug-likeness (QED) is 0.719. The van der Waals surface area contributed by atoms with Gasteiger partial charge < -0.3 is 14.8 Å². The van der Waals surface area contributed by atoms with Crippen LogP contribution in [0.25, 0.3) is 0 Å². The summed E-state index contributed by atoms with van der Waals surface area (Å²) < 4.78 is 11.3. The zero-order chi connectivity index (χ0) is 18.5. The van der Waals surface area contributed by atoms with E-state index in [1.165, 1.54) is 17.5 Å². The molecule has 0 saturated carbocycles. The minimum absolute atomic E-state index is 0.215.